The van der Waals surface area contributed by atoms with Crippen molar-refractivity contribution in [2.75, 3.05) is 16.8 Å². The molecule has 1 heterocycles. The fourth-order valence-corrected chi connectivity index (χ4v) is 5.07. The van der Waals surface area contributed by atoms with E-state index in [1.807, 2.05) is 36.1 Å². The maximum absolute atomic E-state index is 13.2. The Kier molecular flexibility index (Phi) is 7.85. The number of amides is 3. The molecule has 1 aliphatic rings. The summed E-state index contributed by atoms with van der Waals surface area (Å²) in [5.41, 5.74) is 8.02. The molecule has 8 nitrogen and oxygen atoms in total. The van der Waals surface area contributed by atoms with Crippen molar-refractivity contribution in [3.8, 4) is 0 Å². The molecule has 1 aromatic heterocycles. The van der Waals surface area contributed by atoms with Gasteiger partial charge in [0, 0.05) is 41.2 Å². The predicted octanol–water partition coefficient (Wildman–Crippen LogP) is 4.86. The van der Waals surface area contributed by atoms with Crippen LogP contribution in [-0.4, -0.2) is 33.8 Å². The Morgan fingerprint density at radius 1 is 1.14 bits per heavy atom. The van der Waals surface area contributed by atoms with Crippen LogP contribution < -0.4 is 16.0 Å². The molecule has 184 valence electrons. The molecule has 0 unspecified atom stereocenters. The number of rotatable bonds is 8. The second-order valence-corrected chi connectivity index (χ2v) is 9.77. The molecule has 3 N–H and O–H groups in total. The third kappa shape index (κ3) is 5.73. The van der Waals surface area contributed by atoms with Crippen molar-refractivity contribution >= 4 is 56.3 Å². The zero-order valence-corrected chi connectivity index (χ0v) is 21.4. The van der Waals surface area contributed by atoms with E-state index in [4.69, 9.17) is 5.73 Å². The lowest BCUT2D eigenvalue weighted by Crippen LogP contribution is -2.37. The molecule has 0 bridgehead atoms. The fraction of sp³-hybridized carbons (Fsp3) is 0.385. The van der Waals surface area contributed by atoms with Crippen LogP contribution >= 0.6 is 15.9 Å². The standard InChI is InChI=1S/C26H30BrN5O3/c1-2-31(25(35)17-7-4-3-5-8-17)20-11-12-22-21(16-20)29-26(32(22)14-13-23(28)33)30-24(34)18-9-6-10-19(27)15-18/h6,9-12,15-17H,2-5,7-8,13-14H2,1H3,(H2,28,33)(H,29,30,34). The summed E-state index contributed by atoms with van der Waals surface area (Å²) in [7, 11) is 0. The highest BCUT2D eigenvalue weighted by atomic mass is 79.9. The van der Waals surface area contributed by atoms with Gasteiger partial charge in [-0.25, -0.2) is 4.98 Å². The first-order valence-electron chi connectivity index (χ1n) is 12.0. The van der Waals surface area contributed by atoms with E-state index in [-0.39, 0.29) is 30.7 Å². The van der Waals surface area contributed by atoms with Gasteiger partial charge in [0.25, 0.3) is 5.91 Å². The van der Waals surface area contributed by atoms with E-state index in [1.54, 1.807) is 22.8 Å². The Hall–Kier alpha value is -3.20. The van der Waals surface area contributed by atoms with E-state index < -0.39 is 5.91 Å². The number of primary amides is 1. The van der Waals surface area contributed by atoms with Crippen LogP contribution in [0.25, 0.3) is 11.0 Å². The average molecular weight is 540 g/mol. The van der Waals surface area contributed by atoms with Gasteiger partial charge in [-0.3, -0.25) is 19.7 Å². The Morgan fingerprint density at radius 2 is 1.91 bits per heavy atom. The van der Waals surface area contributed by atoms with Gasteiger partial charge in [-0.15, -0.1) is 0 Å². The molecule has 0 aliphatic heterocycles. The number of nitrogens with two attached hydrogens (primary N) is 1. The Bertz CT molecular complexity index is 1250. The highest BCUT2D eigenvalue weighted by Gasteiger charge is 2.26. The van der Waals surface area contributed by atoms with Gasteiger partial charge < -0.3 is 15.2 Å². The monoisotopic (exact) mass is 539 g/mol. The maximum Gasteiger partial charge on any atom is 0.258 e. The van der Waals surface area contributed by atoms with Crippen molar-refractivity contribution in [2.24, 2.45) is 11.7 Å². The summed E-state index contributed by atoms with van der Waals surface area (Å²) in [5.74, 6) is -0.215. The smallest absolute Gasteiger partial charge is 0.258 e. The van der Waals surface area contributed by atoms with E-state index in [2.05, 4.69) is 26.2 Å². The normalized spacial score (nSPS) is 14.1. The Balaban J connectivity index is 1.67. The quantitative estimate of drug-likeness (QED) is 0.425. The summed E-state index contributed by atoms with van der Waals surface area (Å²) in [5, 5.41) is 2.86. The summed E-state index contributed by atoms with van der Waals surface area (Å²) in [6.07, 6.45) is 5.36. The number of halogens is 1. The van der Waals surface area contributed by atoms with Gasteiger partial charge in [0.05, 0.1) is 11.0 Å². The van der Waals surface area contributed by atoms with Crippen molar-refractivity contribution < 1.29 is 14.4 Å². The van der Waals surface area contributed by atoms with Crippen molar-refractivity contribution in [1.82, 2.24) is 9.55 Å². The van der Waals surface area contributed by atoms with E-state index in [9.17, 15) is 14.4 Å². The molecule has 4 rings (SSSR count). The van der Waals surface area contributed by atoms with Crippen molar-refractivity contribution in [2.45, 2.75) is 52.0 Å². The molecule has 0 spiro atoms. The van der Waals surface area contributed by atoms with Crippen LogP contribution in [0.3, 0.4) is 0 Å². The van der Waals surface area contributed by atoms with Gasteiger partial charge in [-0.05, 0) is 56.2 Å². The van der Waals surface area contributed by atoms with Crippen LogP contribution in [-0.2, 0) is 16.1 Å². The molecule has 1 fully saturated rings. The van der Waals surface area contributed by atoms with E-state index in [0.29, 0.717) is 23.6 Å². The second-order valence-electron chi connectivity index (χ2n) is 8.86. The number of nitrogens with zero attached hydrogens (tertiary/aromatic N) is 3. The average Bonchev–Trinajstić information content (AvgIpc) is 3.19. The second kappa shape index (κ2) is 11.0. The number of hydrogen-bond acceptors (Lipinski definition) is 4. The lowest BCUT2D eigenvalue weighted by atomic mass is 9.88. The first kappa shape index (κ1) is 24.9. The van der Waals surface area contributed by atoms with Crippen LogP contribution in [0.5, 0.6) is 0 Å². The van der Waals surface area contributed by atoms with Crippen molar-refractivity contribution in [3.05, 3.63) is 52.5 Å². The number of aromatic nitrogens is 2. The molecule has 35 heavy (non-hydrogen) atoms. The van der Waals surface area contributed by atoms with Gasteiger partial charge >= 0.3 is 0 Å². The lowest BCUT2D eigenvalue weighted by Gasteiger charge is -2.28. The van der Waals surface area contributed by atoms with Crippen LogP contribution in [0.4, 0.5) is 11.6 Å². The van der Waals surface area contributed by atoms with Crippen LogP contribution in [0, 0.1) is 5.92 Å². The van der Waals surface area contributed by atoms with E-state index in [1.165, 1.54) is 6.42 Å². The van der Waals surface area contributed by atoms with E-state index >= 15 is 0 Å². The number of benzene rings is 2. The zero-order valence-electron chi connectivity index (χ0n) is 19.8. The van der Waals surface area contributed by atoms with Crippen molar-refractivity contribution in [3.63, 3.8) is 0 Å². The zero-order chi connectivity index (χ0) is 24.9. The third-order valence-electron chi connectivity index (χ3n) is 6.47. The van der Waals surface area contributed by atoms with Gasteiger partial charge in [0.15, 0.2) is 0 Å². The first-order valence-corrected chi connectivity index (χ1v) is 12.8. The molecule has 0 atom stereocenters. The molecule has 3 amide bonds. The molecule has 0 saturated heterocycles. The molecule has 1 aliphatic carbocycles. The molecule has 0 radical (unpaired) electrons. The maximum atomic E-state index is 13.2. The number of anilines is 2. The highest BCUT2D eigenvalue weighted by molar-refractivity contribution is 9.10. The summed E-state index contributed by atoms with van der Waals surface area (Å²) < 4.78 is 2.57. The number of nitrogens with one attached hydrogen (secondary N) is 1. The summed E-state index contributed by atoms with van der Waals surface area (Å²) in [4.78, 5) is 44.1. The van der Waals surface area contributed by atoms with Gasteiger partial charge in [-0.1, -0.05) is 41.3 Å². The van der Waals surface area contributed by atoms with Crippen LogP contribution in [0.1, 0.15) is 55.8 Å². The Labute approximate surface area is 213 Å². The van der Waals surface area contributed by atoms with Gasteiger partial charge in [0.1, 0.15) is 0 Å². The molecular formula is C26H30BrN5O3. The number of carbonyl (C=O) groups is 3. The molecule has 1 saturated carbocycles. The van der Waals surface area contributed by atoms with Gasteiger partial charge in [0.2, 0.25) is 17.8 Å². The van der Waals surface area contributed by atoms with E-state index in [0.717, 1.165) is 41.4 Å². The summed E-state index contributed by atoms with van der Waals surface area (Å²) in [6, 6.07) is 12.7. The highest BCUT2D eigenvalue weighted by Crippen LogP contribution is 2.30. The topological polar surface area (TPSA) is 110 Å². The number of aryl methyl sites for hydroxylation is 1. The number of imidazole rings is 1. The van der Waals surface area contributed by atoms with Crippen LogP contribution in [0.2, 0.25) is 0 Å². The van der Waals surface area contributed by atoms with Crippen molar-refractivity contribution in [1.29, 1.82) is 0 Å². The summed E-state index contributed by atoms with van der Waals surface area (Å²) >= 11 is 3.38. The third-order valence-corrected chi connectivity index (χ3v) is 6.97. The molecular weight excluding hydrogens is 510 g/mol. The Morgan fingerprint density at radius 3 is 2.60 bits per heavy atom. The minimum absolute atomic E-state index is 0.0626. The SMILES string of the molecule is CCN(C(=O)C1CCCCC1)c1ccc2c(c1)nc(NC(=O)c1cccc(Br)c1)n2CCC(N)=O. The molecule has 2 aromatic carbocycles. The number of hydrogen-bond donors (Lipinski definition) is 2. The van der Waals surface area contributed by atoms with Gasteiger partial charge in [-0.2, -0.15) is 0 Å². The molecule has 9 heteroatoms. The lowest BCUT2D eigenvalue weighted by molar-refractivity contribution is -0.123. The first-order chi connectivity index (χ1) is 16.9. The minimum atomic E-state index is -0.442. The molecule has 3 aromatic rings. The largest absolute Gasteiger partial charge is 0.370 e. The minimum Gasteiger partial charge on any atom is -0.370 e. The van der Waals surface area contributed by atoms with Crippen LogP contribution in [0.15, 0.2) is 46.9 Å². The summed E-state index contributed by atoms with van der Waals surface area (Å²) in [6.45, 7) is 2.81. The number of carbonyl (C=O) groups excluding carboxylic acids is 3. The number of fused-ring (bicyclic) bond motifs is 1. The fourth-order valence-electron chi connectivity index (χ4n) is 4.67. The predicted molar refractivity (Wildman–Crippen MR) is 140 cm³/mol.